The summed E-state index contributed by atoms with van der Waals surface area (Å²) in [6.45, 7) is 2.15. The van der Waals surface area contributed by atoms with Crippen molar-refractivity contribution < 1.29 is 19.1 Å². The minimum Gasteiger partial charge on any atom is -0.381 e. The number of rotatable bonds is 3. The molecule has 4 amide bonds. The van der Waals surface area contributed by atoms with E-state index >= 15 is 0 Å². The monoisotopic (exact) mass is 357 g/mol. The Labute approximate surface area is 152 Å². The number of nitrogens with one attached hydrogen (secondary N) is 1. The summed E-state index contributed by atoms with van der Waals surface area (Å²) in [7, 11) is 0. The highest BCUT2D eigenvalue weighted by Gasteiger charge is 2.47. The van der Waals surface area contributed by atoms with E-state index in [9.17, 15) is 14.4 Å². The lowest BCUT2D eigenvalue weighted by molar-refractivity contribution is -0.140. The summed E-state index contributed by atoms with van der Waals surface area (Å²) in [6.07, 6.45) is 1.94. The SMILES string of the molecule is O=C1CNC(=O)N1C1CCN(C(=O)C2(c3ccccc3)CCOCC2)C1. The van der Waals surface area contributed by atoms with E-state index in [0.717, 1.165) is 5.56 Å². The molecule has 3 fully saturated rings. The zero-order valence-corrected chi connectivity index (χ0v) is 14.6. The number of urea groups is 1. The van der Waals surface area contributed by atoms with E-state index in [4.69, 9.17) is 4.74 Å². The zero-order chi connectivity index (χ0) is 18.1. The van der Waals surface area contributed by atoms with E-state index in [-0.39, 0.29) is 30.4 Å². The van der Waals surface area contributed by atoms with Crippen molar-refractivity contribution >= 4 is 17.8 Å². The van der Waals surface area contributed by atoms with Gasteiger partial charge in [0.2, 0.25) is 11.8 Å². The molecule has 3 aliphatic heterocycles. The van der Waals surface area contributed by atoms with E-state index < -0.39 is 5.41 Å². The van der Waals surface area contributed by atoms with Crippen molar-refractivity contribution in [3.05, 3.63) is 35.9 Å². The lowest BCUT2D eigenvalue weighted by atomic mass is 9.73. The predicted octanol–water partition coefficient (Wildman–Crippen LogP) is 0.888. The van der Waals surface area contributed by atoms with Crippen molar-refractivity contribution in [1.82, 2.24) is 15.1 Å². The molecule has 0 bridgehead atoms. The maximum absolute atomic E-state index is 13.5. The van der Waals surface area contributed by atoms with Crippen LogP contribution < -0.4 is 5.32 Å². The number of likely N-dealkylation sites (tertiary alicyclic amines) is 1. The molecule has 3 saturated heterocycles. The maximum Gasteiger partial charge on any atom is 0.324 e. The third kappa shape index (κ3) is 2.76. The Bertz CT molecular complexity index is 699. The molecular weight excluding hydrogens is 334 g/mol. The van der Waals surface area contributed by atoms with Gasteiger partial charge < -0.3 is 15.0 Å². The summed E-state index contributed by atoms with van der Waals surface area (Å²) in [5, 5.41) is 2.55. The number of carbonyl (C=O) groups excluding carboxylic acids is 3. The van der Waals surface area contributed by atoms with Gasteiger partial charge in [-0.15, -0.1) is 0 Å². The Morgan fingerprint density at radius 2 is 1.88 bits per heavy atom. The Kier molecular flexibility index (Phi) is 4.40. The van der Waals surface area contributed by atoms with Crippen LogP contribution in [-0.4, -0.2) is 66.5 Å². The molecule has 1 aromatic rings. The number of ether oxygens (including phenoxy) is 1. The van der Waals surface area contributed by atoms with Gasteiger partial charge in [-0.3, -0.25) is 14.5 Å². The molecule has 4 rings (SSSR count). The minimum absolute atomic E-state index is 0.0502. The van der Waals surface area contributed by atoms with Crippen LogP contribution in [0.15, 0.2) is 30.3 Å². The van der Waals surface area contributed by atoms with Crippen LogP contribution in [-0.2, 0) is 19.7 Å². The number of carbonyl (C=O) groups is 3. The molecule has 3 heterocycles. The van der Waals surface area contributed by atoms with Crippen LogP contribution in [0.25, 0.3) is 0 Å². The Balaban J connectivity index is 1.56. The molecule has 1 atom stereocenters. The summed E-state index contributed by atoms with van der Waals surface area (Å²) in [5.41, 5.74) is 0.442. The van der Waals surface area contributed by atoms with Crippen LogP contribution in [0.4, 0.5) is 4.79 Å². The van der Waals surface area contributed by atoms with Crippen molar-refractivity contribution in [1.29, 1.82) is 0 Å². The molecule has 7 heteroatoms. The van der Waals surface area contributed by atoms with Gasteiger partial charge >= 0.3 is 6.03 Å². The standard InChI is InChI=1S/C19H23N3O4/c23-16-12-20-18(25)22(16)15-6-9-21(13-15)17(24)19(7-10-26-11-8-19)14-4-2-1-3-5-14/h1-5,15H,6-13H2,(H,20,25). The number of amides is 4. The summed E-state index contributed by atoms with van der Waals surface area (Å²) in [6, 6.07) is 9.30. The maximum atomic E-state index is 13.5. The van der Waals surface area contributed by atoms with Crippen molar-refractivity contribution in [3.63, 3.8) is 0 Å². The molecule has 3 aliphatic rings. The van der Waals surface area contributed by atoms with Crippen LogP contribution in [0.2, 0.25) is 0 Å². The number of hydrogen-bond acceptors (Lipinski definition) is 4. The van der Waals surface area contributed by atoms with Crippen molar-refractivity contribution in [2.75, 3.05) is 32.8 Å². The smallest absolute Gasteiger partial charge is 0.324 e. The first-order chi connectivity index (χ1) is 12.6. The summed E-state index contributed by atoms with van der Waals surface area (Å²) >= 11 is 0. The molecule has 1 unspecified atom stereocenters. The van der Waals surface area contributed by atoms with E-state index in [1.54, 1.807) is 0 Å². The topological polar surface area (TPSA) is 79.0 Å². The fourth-order valence-corrected chi connectivity index (χ4v) is 4.35. The van der Waals surface area contributed by atoms with E-state index in [1.807, 2.05) is 35.2 Å². The molecule has 0 saturated carbocycles. The molecular formula is C19H23N3O4. The molecule has 0 aromatic heterocycles. The first-order valence-corrected chi connectivity index (χ1v) is 9.14. The van der Waals surface area contributed by atoms with Crippen LogP contribution in [0.5, 0.6) is 0 Å². The zero-order valence-electron chi connectivity index (χ0n) is 14.6. The van der Waals surface area contributed by atoms with Crippen LogP contribution >= 0.6 is 0 Å². The van der Waals surface area contributed by atoms with E-state index in [0.29, 0.717) is 45.6 Å². The minimum atomic E-state index is -0.578. The average Bonchev–Trinajstić information content (AvgIpc) is 3.29. The number of benzene rings is 1. The highest BCUT2D eigenvalue weighted by Crippen LogP contribution is 2.38. The highest BCUT2D eigenvalue weighted by molar-refractivity contribution is 6.02. The van der Waals surface area contributed by atoms with Gasteiger partial charge in [0.25, 0.3) is 0 Å². The molecule has 0 spiro atoms. The summed E-state index contributed by atoms with van der Waals surface area (Å²) < 4.78 is 5.51. The lowest BCUT2D eigenvalue weighted by Crippen LogP contribution is -2.50. The second kappa shape index (κ2) is 6.72. The Morgan fingerprint density at radius 3 is 2.54 bits per heavy atom. The molecule has 26 heavy (non-hydrogen) atoms. The third-order valence-electron chi connectivity index (χ3n) is 5.78. The number of nitrogens with zero attached hydrogens (tertiary/aromatic N) is 2. The van der Waals surface area contributed by atoms with Crippen LogP contribution in [0.3, 0.4) is 0 Å². The first kappa shape index (κ1) is 17.0. The van der Waals surface area contributed by atoms with E-state index in [1.165, 1.54) is 4.90 Å². The highest BCUT2D eigenvalue weighted by atomic mass is 16.5. The van der Waals surface area contributed by atoms with Crippen molar-refractivity contribution in [2.45, 2.75) is 30.7 Å². The fraction of sp³-hybridized carbons (Fsp3) is 0.526. The fourth-order valence-electron chi connectivity index (χ4n) is 4.35. The normalized spacial score (nSPS) is 25.5. The Hall–Kier alpha value is -2.41. The molecule has 1 N–H and O–H groups in total. The summed E-state index contributed by atoms with van der Waals surface area (Å²) in [5.74, 6) is -0.125. The molecule has 1 aromatic carbocycles. The van der Waals surface area contributed by atoms with Crippen LogP contribution in [0.1, 0.15) is 24.8 Å². The average molecular weight is 357 g/mol. The number of hydrogen-bond donors (Lipinski definition) is 1. The Morgan fingerprint density at radius 1 is 1.15 bits per heavy atom. The lowest BCUT2D eigenvalue weighted by Gasteiger charge is -2.39. The first-order valence-electron chi connectivity index (χ1n) is 9.14. The molecule has 138 valence electrons. The number of imide groups is 1. The van der Waals surface area contributed by atoms with Crippen LogP contribution in [0, 0.1) is 0 Å². The van der Waals surface area contributed by atoms with Crippen molar-refractivity contribution in [2.24, 2.45) is 0 Å². The van der Waals surface area contributed by atoms with Gasteiger partial charge in [-0.2, -0.15) is 0 Å². The second-order valence-corrected chi connectivity index (χ2v) is 7.18. The van der Waals surface area contributed by atoms with Gasteiger partial charge in [-0.1, -0.05) is 30.3 Å². The summed E-state index contributed by atoms with van der Waals surface area (Å²) in [4.78, 5) is 40.5. The van der Waals surface area contributed by atoms with Gasteiger partial charge in [0.05, 0.1) is 18.0 Å². The third-order valence-corrected chi connectivity index (χ3v) is 5.78. The molecule has 0 aliphatic carbocycles. The van der Waals surface area contributed by atoms with Gasteiger partial charge in [0.1, 0.15) is 0 Å². The largest absolute Gasteiger partial charge is 0.381 e. The van der Waals surface area contributed by atoms with Gasteiger partial charge in [0.15, 0.2) is 0 Å². The second-order valence-electron chi connectivity index (χ2n) is 7.18. The predicted molar refractivity (Wildman–Crippen MR) is 93.4 cm³/mol. The van der Waals surface area contributed by atoms with Gasteiger partial charge in [0, 0.05) is 26.3 Å². The van der Waals surface area contributed by atoms with Gasteiger partial charge in [-0.05, 0) is 24.8 Å². The molecule has 0 radical (unpaired) electrons. The van der Waals surface area contributed by atoms with Crippen molar-refractivity contribution in [3.8, 4) is 0 Å². The van der Waals surface area contributed by atoms with Gasteiger partial charge in [-0.25, -0.2) is 4.79 Å². The molecule has 7 nitrogen and oxygen atoms in total. The van der Waals surface area contributed by atoms with E-state index in [2.05, 4.69) is 5.32 Å². The quantitative estimate of drug-likeness (QED) is 0.815.